The number of halogens is 2. The molecule has 6 rings (SSSR count). The predicted octanol–water partition coefficient (Wildman–Crippen LogP) is 7.51. The Balaban J connectivity index is 1.35. The van der Waals surface area contributed by atoms with Crippen LogP contribution in [0.1, 0.15) is 19.8 Å². The second-order valence-corrected chi connectivity index (χ2v) is 9.55. The summed E-state index contributed by atoms with van der Waals surface area (Å²) in [6.45, 7) is 4.52. The second-order valence-electron chi connectivity index (χ2n) is 9.55. The van der Waals surface area contributed by atoms with Gasteiger partial charge in [0, 0.05) is 51.8 Å². The van der Waals surface area contributed by atoms with Gasteiger partial charge in [-0.3, -0.25) is 0 Å². The van der Waals surface area contributed by atoms with Crippen molar-refractivity contribution >= 4 is 27.5 Å². The van der Waals surface area contributed by atoms with E-state index in [-0.39, 0.29) is 11.3 Å². The number of hydrogen-bond acceptors (Lipinski definition) is 2. The predicted molar refractivity (Wildman–Crippen MR) is 138 cm³/mol. The lowest BCUT2D eigenvalue weighted by Crippen LogP contribution is -2.32. The lowest BCUT2D eigenvalue weighted by molar-refractivity contribution is 0.385. The molecule has 35 heavy (non-hydrogen) atoms. The summed E-state index contributed by atoms with van der Waals surface area (Å²) in [5.41, 5.74) is 5.42. The fourth-order valence-corrected chi connectivity index (χ4v) is 5.10. The van der Waals surface area contributed by atoms with Crippen LogP contribution >= 0.6 is 0 Å². The number of hydrogen-bond donors (Lipinski definition) is 2. The first-order chi connectivity index (χ1) is 17.0. The van der Waals surface area contributed by atoms with Gasteiger partial charge in [0.15, 0.2) is 11.6 Å². The Morgan fingerprint density at radius 3 is 2.29 bits per heavy atom. The van der Waals surface area contributed by atoms with Gasteiger partial charge in [-0.25, -0.2) is 8.78 Å². The summed E-state index contributed by atoms with van der Waals surface area (Å²) in [6.07, 6.45) is 2.46. The number of fused-ring (bicyclic) bond motifs is 2. The number of rotatable bonds is 4. The Kier molecular flexibility index (Phi) is 5.24. The first-order valence-electron chi connectivity index (χ1n) is 12.0. The van der Waals surface area contributed by atoms with Crippen molar-refractivity contribution in [3.8, 4) is 28.3 Å². The molecule has 0 radical (unpaired) electrons. The number of anilines is 1. The van der Waals surface area contributed by atoms with Crippen LogP contribution in [0, 0.1) is 17.6 Å². The molecule has 2 N–H and O–H groups in total. The van der Waals surface area contributed by atoms with Crippen LogP contribution in [0.2, 0.25) is 0 Å². The molecule has 178 valence electrons. The first kappa shape index (κ1) is 21.7. The molecule has 6 heteroatoms. The van der Waals surface area contributed by atoms with Crippen LogP contribution in [-0.2, 0) is 0 Å². The first-order valence-corrected chi connectivity index (χ1v) is 12.0. The van der Waals surface area contributed by atoms with Gasteiger partial charge in [-0.2, -0.15) is 0 Å². The van der Waals surface area contributed by atoms with E-state index in [1.807, 2.05) is 18.2 Å². The average molecular weight is 472 g/mol. The zero-order valence-electron chi connectivity index (χ0n) is 19.8. The lowest BCUT2D eigenvalue weighted by Gasteiger charge is -2.32. The van der Waals surface area contributed by atoms with Crippen LogP contribution < -0.4 is 9.64 Å². The van der Waals surface area contributed by atoms with E-state index in [9.17, 15) is 8.78 Å². The maximum absolute atomic E-state index is 14.8. The van der Waals surface area contributed by atoms with E-state index in [1.165, 1.54) is 37.8 Å². The monoisotopic (exact) mass is 471 g/mol. The molecule has 1 fully saturated rings. The number of piperidine rings is 1. The van der Waals surface area contributed by atoms with E-state index >= 15 is 0 Å². The molecule has 0 saturated carbocycles. The molecule has 0 unspecified atom stereocenters. The Bertz CT molecular complexity index is 1540. The molecule has 3 aromatic carbocycles. The number of aromatic nitrogens is 2. The molecule has 0 amide bonds. The van der Waals surface area contributed by atoms with Gasteiger partial charge in [-0.1, -0.05) is 25.1 Å². The van der Waals surface area contributed by atoms with Crippen LogP contribution in [0.3, 0.4) is 0 Å². The normalized spacial score (nSPS) is 14.8. The van der Waals surface area contributed by atoms with Gasteiger partial charge in [0.05, 0.1) is 18.4 Å². The van der Waals surface area contributed by atoms with Crippen LogP contribution in [0.4, 0.5) is 14.5 Å². The Labute approximate surface area is 202 Å². The van der Waals surface area contributed by atoms with E-state index in [0.29, 0.717) is 5.69 Å². The molecule has 1 aliphatic heterocycles. The zero-order chi connectivity index (χ0) is 24.1. The van der Waals surface area contributed by atoms with Crippen molar-refractivity contribution in [1.82, 2.24) is 9.97 Å². The zero-order valence-corrected chi connectivity index (χ0v) is 19.8. The molecular formula is C29H27F2N3O. The van der Waals surface area contributed by atoms with Crippen LogP contribution in [0.25, 0.3) is 44.3 Å². The number of nitrogens with zero attached hydrogens (tertiary/aromatic N) is 1. The number of benzene rings is 3. The quantitative estimate of drug-likeness (QED) is 0.285. The average Bonchev–Trinajstić information content (AvgIpc) is 3.48. The number of H-pyrrole nitrogens is 2. The Hall–Kier alpha value is -3.80. The largest absolute Gasteiger partial charge is 0.494 e. The van der Waals surface area contributed by atoms with Gasteiger partial charge in [0.2, 0.25) is 0 Å². The van der Waals surface area contributed by atoms with E-state index in [4.69, 9.17) is 4.74 Å². The maximum atomic E-state index is 14.8. The van der Waals surface area contributed by atoms with Crippen molar-refractivity contribution in [3.05, 3.63) is 72.3 Å². The lowest BCUT2D eigenvalue weighted by atomic mass is 9.99. The van der Waals surface area contributed by atoms with E-state index in [1.54, 1.807) is 6.07 Å². The number of nitrogens with one attached hydrogen (secondary N) is 2. The fourth-order valence-electron chi connectivity index (χ4n) is 5.10. The maximum Gasteiger partial charge on any atom is 0.177 e. The van der Waals surface area contributed by atoms with Crippen molar-refractivity contribution in [2.45, 2.75) is 19.8 Å². The molecule has 0 atom stereocenters. The van der Waals surface area contributed by atoms with Crippen molar-refractivity contribution in [2.75, 3.05) is 25.1 Å². The van der Waals surface area contributed by atoms with Crippen LogP contribution in [0.15, 0.2) is 60.7 Å². The summed E-state index contributed by atoms with van der Waals surface area (Å²) >= 11 is 0. The Morgan fingerprint density at radius 1 is 0.829 bits per heavy atom. The van der Waals surface area contributed by atoms with E-state index in [0.717, 1.165) is 52.1 Å². The fraction of sp³-hybridized carbons (Fsp3) is 0.241. The van der Waals surface area contributed by atoms with Gasteiger partial charge in [-0.05, 0) is 61.2 Å². The highest BCUT2D eigenvalue weighted by atomic mass is 19.1. The topological polar surface area (TPSA) is 44.0 Å². The third-order valence-electron chi connectivity index (χ3n) is 7.23. The van der Waals surface area contributed by atoms with Crippen molar-refractivity contribution in [2.24, 2.45) is 5.92 Å². The molecule has 5 aromatic rings. The minimum atomic E-state index is -0.714. The molecule has 1 aliphatic rings. The molecule has 0 spiro atoms. The minimum absolute atomic E-state index is 0.0113. The van der Waals surface area contributed by atoms with Gasteiger partial charge in [0.1, 0.15) is 5.82 Å². The van der Waals surface area contributed by atoms with E-state index in [2.05, 4.69) is 46.1 Å². The number of ether oxygens (including phenoxy) is 1. The SMILES string of the molecule is COc1ccc(F)c(-c2cc3ccc(-c4cc5ccc(N6CCC(C)CC6)cc5[nH]4)cc3[nH]2)c1F. The highest BCUT2D eigenvalue weighted by Gasteiger charge is 2.19. The molecular weight excluding hydrogens is 444 g/mol. The van der Waals surface area contributed by atoms with E-state index < -0.39 is 11.6 Å². The van der Waals surface area contributed by atoms with Crippen molar-refractivity contribution < 1.29 is 13.5 Å². The van der Waals surface area contributed by atoms with Gasteiger partial charge in [0.25, 0.3) is 0 Å². The van der Waals surface area contributed by atoms with Crippen molar-refractivity contribution in [3.63, 3.8) is 0 Å². The summed E-state index contributed by atoms with van der Waals surface area (Å²) < 4.78 is 34.3. The van der Waals surface area contributed by atoms with Gasteiger partial charge < -0.3 is 19.6 Å². The molecule has 4 nitrogen and oxygen atoms in total. The molecule has 3 heterocycles. The summed E-state index contributed by atoms with van der Waals surface area (Å²) in [7, 11) is 1.37. The molecule has 0 aliphatic carbocycles. The van der Waals surface area contributed by atoms with Crippen LogP contribution in [0.5, 0.6) is 5.75 Å². The van der Waals surface area contributed by atoms with Crippen LogP contribution in [-0.4, -0.2) is 30.2 Å². The highest BCUT2D eigenvalue weighted by Crippen LogP contribution is 2.35. The Morgan fingerprint density at radius 2 is 1.51 bits per heavy atom. The minimum Gasteiger partial charge on any atom is -0.494 e. The number of aromatic amines is 2. The third-order valence-corrected chi connectivity index (χ3v) is 7.23. The third kappa shape index (κ3) is 3.83. The molecule has 2 aromatic heterocycles. The number of methoxy groups -OCH3 is 1. The smallest absolute Gasteiger partial charge is 0.177 e. The standard InChI is InChI=1S/C29H27F2N3O/c1-17-9-11-34(12-10-17)21-6-5-20-14-23(32-25(20)16-21)18-3-4-19-15-26(33-24(19)13-18)28-22(30)7-8-27(35-2)29(28)31/h3-8,13-17,32-33H,9-12H2,1-2H3. The molecule has 0 bridgehead atoms. The van der Waals surface area contributed by atoms with Gasteiger partial charge >= 0.3 is 0 Å². The summed E-state index contributed by atoms with van der Waals surface area (Å²) in [5, 5.41) is 2.03. The summed E-state index contributed by atoms with van der Waals surface area (Å²) in [5.74, 6) is -0.539. The highest BCUT2D eigenvalue weighted by molar-refractivity contribution is 5.92. The summed E-state index contributed by atoms with van der Waals surface area (Å²) in [4.78, 5) is 9.21. The summed E-state index contributed by atoms with van der Waals surface area (Å²) in [6, 6.07) is 19.0. The van der Waals surface area contributed by atoms with Crippen molar-refractivity contribution in [1.29, 1.82) is 0 Å². The van der Waals surface area contributed by atoms with Gasteiger partial charge in [-0.15, -0.1) is 0 Å². The molecule has 1 saturated heterocycles. The second kappa shape index (κ2) is 8.45.